The zero-order chi connectivity index (χ0) is 14.6. The van der Waals surface area contributed by atoms with Gasteiger partial charge in [0, 0.05) is 30.1 Å². The fourth-order valence-electron chi connectivity index (χ4n) is 1.88. The molecule has 0 unspecified atom stereocenters. The summed E-state index contributed by atoms with van der Waals surface area (Å²) >= 11 is 0. The van der Waals surface area contributed by atoms with Crippen LogP contribution in [0.15, 0.2) is 36.7 Å². The van der Waals surface area contributed by atoms with Crippen molar-refractivity contribution < 1.29 is 4.74 Å². The summed E-state index contributed by atoms with van der Waals surface area (Å²) in [4.78, 5) is 0. The Labute approximate surface area is 120 Å². The number of rotatable bonds is 5. The Morgan fingerprint density at radius 2 is 2.10 bits per heavy atom. The first-order valence-corrected chi connectivity index (χ1v) is 7.00. The Morgan fingerprint density at radius 1 is 1.30 bits per heavy atom. The largest absolute Gasteiger partial charge is 0.494 e. The van der Waals surface area contributed by atoms with Crippen LogP contribution in [0.5, 0.6) is 5.75 Å². The highest BCUT2D eigenvalue weighted by molar-refractivity contribution is 5.48. The van der Waals surface area contributed by atoms with E-state index in [0.717, 1.165) is 18.0 Å². The molecule has 1 N–H and O–H groups in total. The second-order valence-electron chi connectivity index (χ2n) is 5.78. The summed E-state index contributed by atoms with van der Waals surface area (Å²) in [6.45, 7) is 9.85. The van der Waals surface area contributed by atoms with E-state index in [-0.39, 0.29) is 5.54 Å². The van der Waals surface area contributed by atoms with Gasteiger partial charge in [-0.1, -0.05) is 6.07 Å². The van der Waals surface area contributed by atoms with Crippen molar-refractivity contribution in [2.45, 2.75) is 39.8 Å². The molecule has 20 heavy (non-hydrogen) atoms. The summed E-state index contributed by atoms with van der Waals surface area (Å²) in [5, 5.41) is 7.79. The number of aromatic nitrogens is 2. The quantitative estimate of drug-likeness (QED) is 0.903. The zero-order valence-electron chi connectivity index (χ0n) is 12.7. The molecule has 0 saturated carbocycles. The minimum atomic E-state index is 0.0210. The minimum Gasteiger partial charge on any atom is -0.494 e. The van der Waals surface area contributed by atoms with Gasteiger partial charge in [-0.15, -0.1) is 0 Å². The van der Waals surface area contributed by atoms with Gasteiger partial charge in [-0.05, 0) is 39.8 Å². The van der Waals surface area contributed by atoms with Crippen LogP contribution < -0.4 is 10.1 Å². The van der Waals surface area contributed by atoms with Gasteiger partial charge in [0.05, 0.1) is 18.3 Å². The molecule has 1 heterocycles. The van der Waals surface area contributed by atoms with E-state index in [1.165, 1.54) is 5.56 Å². The van der Waals surface area contributed by atoms with Gasteiger partial charge in [-0.2, -0.15) is 5.10 Å². The molecule has 0 saturated heterocycles. The summed E-state index contributed by atoms with van der Waals surface area (Å²) in [7, 11) is 0. The second kappa shape index (κ2) is 5.99. The molecule has 1 aromatic heterocycles. The van der Waals surface area contributed by atoms with Crippen LogP contribution in [0.25, 0.3) is 0 Å². The molecule has 0 aliphatic rings. The Morgan fingerprint density at radius 3 is 2.75 bits per heavy atom. The third-order valence-corrected chi connectivity index (χ3v) is 2.97. The van der Waals surface area contributed by atoms with Gasteiger partial charge in [0.15, 0.2) is 0 Å². The third kappa shape index (κ3) is 3.76. The van der Waals surface area contributed by atoms with E-state index in [0.29, 0.717) is 6.61 Å². The molecule has 0 atom stereocenters. The Hall–Kier alpha value is -1.97. The van der Waals surface area contributed by atoms with Crippen molar-refractivity contribution in [2.24, 2.45) is 0 Å². The lowest BCUT2D eigenvalue weighted by Crippen LogP contribution is -2.21. The maximum Gasteiger partial charge on any atom is 0.121 e. The van der Waals surface area contributed by atoms with Gasteiger partial charge in [-0.3, -0.25) is 4.68 Å². The lowest BCUT2D eigenvalue weighted by molar-refractivity contribution is 0.340. The number of hydrogen-bond donors (Lipinski definition) is 1. The Balaban J connectivity index is 1.98. The van der Waals surface area contributed by atoms with Crippen LogP contribution in [0.1, 0.15) is 33.3 Å². The smallest absolute Gasteiger partial charge is 0.121 e. The number of hydrogen-bond acceptors (Lipinski definition) is 3. The van der Waals surface area contributed by atoms with Crippen molar-refractivity contribution in [3.63, 3.8) is 0 Å². The van der Waals surface area contributed by atoms with Gasteiger partial charge in [-0.25, -0.2) is 0 Å². The number of benzene rings is 1. The lowest BCUT2D eigenvalue weighted by Gasteiger charge is -2.18. The van der Waals surface area contributed by atoms with E-state index in [9.17, 15) is 0 Å². The van der Waals surface area contributed by atoms with Crippen LogP contribution >= 0.6 is 0 Å². The predicted molar refractivity (Wildman–Crippen MR) is 82.2 cm³/mol. The van der Waals surface area contributed by atoms with Gasteiger partial charge in [0.1, 0.15) is 5.75 Å². The monoisotopic (exact) mass is 273 g/mol. The van der Waals surface area contributed by atoms with Crippen LogP contribution in [-0.4, -0.2) is 16.4 Å². The van der Waals surface area contributed by atoms with E-state index in [4.69, 9.17) is 4.74 Å². The van der Waals surface area contributed by atoms with Crippen LogP contribution in [0.4, 0.5) is 5.69 Å². The van der Waals surface area contributed by atoms with Crippen molar-refractivity contribution in [3.8, 4) is 5.75 Å². The van der Waals surface area contributed by atoms with Crippen LogP contribution in [0, 0.1) is 0 Å². The van der Waals surface area contributed by atoms with Gasteiger partial charge < -0.3 is 10.1 Å². The summed E-state index contributed by atoms with van der Waals surface area (Å²) in [5.41, 5.74) is 2.24. The first-order valence-electron chi connectivity index (χ1n) is 7.00. The molecule has 0 aliphatic heterocycles. The van der Waals surface area contributed by atoms with Gasteiger partial charge in [0.2, 0.25) is 0 Å². The molecule has 2 aromatic rings. The normalized spacial score (nSPS) is 11.4. The molecule has 0 aliphatic carbocycles. The van der Waals surface area contributed by atoms with E-state index >= 15 is 0 Å². The molecule has 0 amide bonds. The van der Waals surface area contributed by atoms with Crippen molar-refractivity contribution in [1.82, 2.24) is 9.78 Å². The Bertz CT molecular complexity index is 555. The topological polar surface area (TPSA) is 39.1 Å². The lowest BCUT2D eigenvalue weighted by atomic mass is 10.1. The molecule has 0 bridgehead atoms. The average molecular weight is 273 g/mol. The number of nitrogens with zero attached hydrogens (tertiary/aromatic N) is 2. The minimum absolute atomic E-state index is 0.0210. The number of anilines is 1. The van der Waals surface area contributed by atoms with E-state index in [2.05, 4.69) is 37.4 Å². The van der Waals surface area contributed by atoms with Gasteiger partial charge in [0.25, 0.3) is 0 Å². The van der Waals surface area contributed by atoms with Crippen LogP contribution in [0.3, 0.4) is 0 Å². The van der Waals surface area contributed by atoms with Gasteiger partial charge >= 0.3 is 0 Å². The maximum atomic E-state index is 5.49. The van der Waals surface area contributed by atoms with Crippen LogP contribution in [0.2, 0.25) is 0 Å². The SMILES string of the molecule is CCOc1cccc(NCc2cnn(C(C)(C)C)c2)c1. The first-order chi connectivity index (χ1) is 9.49. The second-order valence-corrected chi connectivity index (χ2v) is 5.78. The maximum absolute atomic E-state index is 5.49. The van der Waals surface area contributed by atoms with E-state index in [1.807, 2.05) is 42.1 Å². The van der Waals surface area contributed by atoms with E-state index in [1.54, 1.807) is 0 Å². The molecule has 4 heteroatoms. The highest BCUT2D eigenvalue weighted by Gasteiger charge is 2.13. The van der Waals surface area contributed by atoms with Crippen LogP contribution in [-0.2, 0) is 12.1 Å². The highest BCUT2D eigenvalue weighted by Crippen LogP contribution is 2.18. The molecule has 4 nitrogen and oxygen atoms in total. The number of nitrogens with one attached hydrogen (secondary N) is 1. The Kier molecular flexibility index (Phi) is 4.32. The first kappa shape index (κ1) is 14.4. The van der Waals surface area contributed by atoms with Crippen molar-refractivity contribution >= 4 is 5.69 Å². The summed E-state index contributed by atoms with van der Waals surface area (Å²) in [5.74, 6) is 0.892. The molecular weight excluding hydrogens is 250 g/mol. The van der Waals surface area contributed by atoms with Crippen molar-refractivity contribution in [2.75, 3.05) is 11.9 Å². The zero-order valence-corrected chi connectivity index (χ0v) is 12.7. The third-order valence-electron chi connectivity index (χ3n) is 2.97. The molecular formula is C16H23N3O. The molecule has 1 aromatic carbocycles. The summed E-state index contributed by atoms with van der Waals surface area (Å²) < 4.78 is 7.48. The molecule has 0 fully saturated rings. The van der Waals surface area contributed by atoms with Crippen molar-refractivity contribution in [1.29, 1.82) is 0 Å². The highest BCUT2D eigenvalue weighted by atomic mass is 16.5. The standard InChI is InChI=1S/C16H23N3O/c1-5-20-15-8-6-7-14(9-15)17-10-13-11-18-19(12-13)16(2,3)4/h6-9,11-12,17H,5,10H2,1-4H3. The van der Waals surface area contributed by atoms with E-state index < -0.39 is 0 Å². The summed E-state index contributed by atoms with van der Waals surface area (Å²) in [6.07, 6.45) is 3.99. The predicted octanol–water partition coefficient (Wildman–Crippen LogP) is 3.65. The average Bonchev–Trinajstić information content (AvgIpc) is 2.86. The molecule has 108 valence electrons. The molecule has 0 spiro atoms. The summed E-state index contributed by atoms with van der Waals surface area (Å²) in [6, 6.07) is 8.01. The number of ether oxygens (including phenoxy) is 1. The molecule has 2 rings (SSSR count). The fourth-order valence-corrected chi connectivity index (χ4v) is 1.88. The molecule has 0 radical (unpaired) electrons. The van der Waals surface area contributed by atoms with Crippen molar-refractivity contribution in [3.05, 3.63) is 42.2 Å². The fraction of sp³-hybridized carbons (Fsp3) is 0.438.